The van der Waals surface area contributed by atoms with Crippen molar-refractivity contribution in [2.45, 2.75) is 13.3 Å². The topological polar surface area (TPSA) is 54.7 Å². The van der Waals surface area contributed by atoms with Gasteiger partial charge in [-0.2, -0.15) is 0 Å². The molecule has 90 valence electrons. The molecule has 3 rings (SSSR count). The van der Waals surface area contributed by atoms with Crippen molar-refractivity contribution in [2.24, 2.45) is 0 Å². The molecule has 0 aliphatic heterocycles. The summed E-state index contributed by atoms with van der Waals surface area (Å²) in [5, 5.41) is 0. The summed E-state index contributed by atoms with van der Waals surface area (Å²) in [5.74, 6) is 1.02. The third kappa shape index (κ3) is 1.74. The number of hydrogen-bond donors (Lipinski definition) is 2. The molecular formula is C15H15N3. The van der Waals surface area contributed by atoms with E-state index in [9.17, 15) is 0 Å². The Morgan fingerprint density at radius 2 is 2.00 bits per heavy atom. The highest BCUT2D eigenvalue weighted by Crippen LogP contribution is 2.27. The summed E-state index contributed by atoms with van der Waals surface area (Å²) in [6, 6.07) is 14.1. The lowest BCUT2D eigenvalue weighted by Crippen LogP contribution is -1.88. The van der Waals surface area contributed by atoms with E-state index in [-0.39, 0.29) is 0 Å². The number of aromatic nitrogens is 2. The van der Waals surface area contributed by atoms with E-state index < -0.39 is 0 Å². The largest absolute Gasteiger partial charge is 0.398 e. The van der Waals surface area contributed by atoms with Crippen LogP contribution in [0.2, 0.25) is 0 Å². The molecule has 0 fully saturated rings. The maximum atomic E-state index is 6.00. The summed E-state index contributed by atoms with van der Waals surface area (Å²) >= 11 is 0. The highest BCUT2D eigenvalue weighted by molar-refractivity contribution is 5.85. The van der Waals surface area contributed by atoms with Gasteiger partial charge in [0.2, 0.25) is 0 Å². The number of H-pyrrole nitrogens is 1. The number of para-hydroxylation sites is 1. The van der Waals surface area contributed by atoms with E-state index >= 15 is 0 Å². The van der Waals surface area contributed by atoms with Gasteiger partial charge in [-0.05, 0) is 23.8 Å². The molecule has 0 bridgehead atoms. The summed E-state index contributed by atoms with van der Waals surface area (Å²) in [6.07, 6.45) is 0.914. The molecule has 0 saturated heterocycles. The monoisotopic (exact) mass is 237 g/mol. The fourth-order valence-electron chi connectivity index (χ4n) is 2.16. The molecule has 0 unspecified atom stereocenters. The zero-order valence-corrected chi connectivity index (χ0v) is 10.3. The molecule has 0 saturated carbocycles. The summed E-state index contributed by atoms with van der Waals surface area (Å²) in [6.45, 7) is 2.09. The molecule has 0 amide bonds. The normalized spacial score (nSPS) is 10.9. The van der Waals surface area contributed by atoms with Crippen LogP contribution < -0.4 is 5.73 Å². The van der Waals surface area contributed by atoms with Crippen molar-refractivity contribution in [1.29, 1.82) is 0 Å². The minimum atomic E-state index is 0.798. The molecule has 0 aliphatic carbocycles. The van der Waals surface area contributed by atoms with Crippen LogP contribution in [0.25, 0.3) is 22.2 Å². The molecule has 3 N–H and O–H groups in total. The van der Waals surface area contributed by atoms with Crippen molar-refractivity contribution >= 4 is 16.7 Å². The van der Waals surface area contributed by atoms with E-state index in [0.29, 0.717) is 0 Å². The molecule has 18 heavy (non-hydrogen) atoms. The number of nitrogens with two attached hydrogens (primary N) is 1. The third-order valence-corrected chi connectivity index (χ3v) is 3.14. The molecule has 1 heterocycles. The Labute approximate surface area is 106 Å². The Balaban J connectivity index is 2.16. The van der Waals surface area contributed by atoms with E-state index in [1.807, 2.05) is 30.3 Å². The average Bonchev–Trinajstić information content (AvgIpc) is 2.81. The summed E-state index contributed by atoms with van der Waals surface area (Å²) < 4.78 is 0. The van der Waals surface area contributed by atoms with E-state index in [2.05, 4.69) is 29.0 Å². The molecule has 2 aromatic carbocycles. The predicted octanol–water partition coefficient (Wildman–Crippen LogP) is 3.37. The predicted molar refractivity (Wildman–Crippen MR) is 75.3 cm³/mol. The number of nitrogen functional groups attached to an aromatic ring is 1. The van der Waals surface area contributed by atoms with Gasteiger partial charge in [-0.25, -0.2) is 4.98 Å². The number of anilines is 1. The number of aromatic amines is 1. The molecule has 3 heteroatoms. The number of nitrogens with zero attached hydrogens (tertiary/aromatic N) is 1. The number of hydrogen-bond acceptors (Lipinski definition) is 2. The highest BCUT2D eigenvalue weighted by atomic mass is 14.9. The Bertz CT molecular complexity index is 698. The van der Waals surface area contributed by atoms with Gasteiger partial charge >= 0.3 is 0 Å². The van der Waals surface area contributed by atoms with E-state index in [0.717, 1.165) is 40.1 Å². The Kier molecular flexibility index (Phi) is 2.52. The SMILES string of the molecule is CCc1nc2ccc(-c3ccccc3N)cc2[nH]1. The van der Waals surface area contributed by atoms with Crippen LogP contribution in [0, 0.1) is 0 Å². The van der Waals surface area contributed by atoms with Gasteiger partial charge in [-0.15, -0.1) is 0 Å². The first kappa shape index (κ1) is 10.8. The summed E-state index contributed by atoms with van der Waals surface area (Å²) in [7, 11) is 0. The third-order valence-electron chi connectivity index (χ3n) is 3.14. The second-order valence-corrected chi connectivity index (χ2v) is 4.36. The van der Waals surface area contributed by atoms with Crippen LogP contribution >= 0.6 is 0 Å². The van der Waals surface area contributed by atoms with Gasteiger partial charge in [-0.1, -0.05) is 31.2 Å². The summed E-state index contributed by atoms with van der Waals surface area (Å²) in [5.41, 5.74) is 11.0. The molecule has 1 aromatic heterocycles. The van der Waals surface area contributed by atoms with Crippen molar-refractivity contribution in [2.75, 3.05) is 5.73 Å². The first-order chi connectivity index (χ1) is 8.78. The molecule has 0 radical (unpaired) electrons. The zero-order valence-electron chi connectivity index (χ0n) is 10.3. The van der Waals surface area contributed by atoms with Crippen molar-refractivity contribution in [1.82, 2.24) is 9.97 Å². The lowest BCUT2D eigenvalue weighted by Gasteiger charge is -2.05. The number of nitrogens with one attached hydrogen (secondary N) is 1. The number of rotatable bonds is 2. The summed E-state index contributed by atoms with van der Waals surface area (Å²) in [4.78, 5) is 7.82. The second-order valence-electron chi connectivity index (χ2n) is 4.36. The smallest absolute Gasteiger partial charge is 0.106 e. The minimum Gasteiger partial charge on any atom is -0.398 e. The van der Waals surface area contributed by atoms with Crippen LogP contribution in [-0.4, -0.2) is 9.97 Å². The van der Waals surface area contributed by atoms with Crippen LogP contribution in [0.4, 0.5) is 5.69 Å². The molecule has 0 spiro atoms. The number of benzene rings is 2. The Hall–Kier alpha value is -2.29. The minimum absolute atomic E-state index is 0.798. The van der Waals surface area contributed by atoms with Gasteiger partial charge < -0.3 is 10.7 Å². The van der Waals surface area contributed by atoms with Gasteiger partial charge in [0.05, 0.1) is 11.0 Å². The number of imidazole rings is 1. The molecule has 0 aliphatic rings. The van der Waals surface area contributed by atoms with Gasteiger partial charge in [0, 0.05) is 17.7 Å². The van der Waals surface area contributed by atoms with Crippen molar-refractivity contribution < 1.29 is 0 Å². The maximum Gasteiger partial charge on any atom is 0.106 e. The van der Waals surface area contributed by atoms with Gasteiger partial charge in [0.1, 0.15) is 5.82 Å². The Morgan fingerprint density at radius 1 is 1.17 bits per heavy atom. The quantitative estimate of drug-likeness (QED) is 0.671. The molecular weight excluding hydrogens is 222 g/mol. The van der Waals surface area contributed by atoms with Crippen LogP contribution in [0.5, 0.6) is 0 Å². The van der Waals surface area contributed by atoms with Crippen molar-refractivity contribution in [3.05, 3.63) is 48.3 Å². The first-order valence-electron chi connectivity index (χ1n) is 6.11. The highest BCUT2D eigenvalue weighted by Gasteiger charge is 2.05. The molecule has 0 atom stereocenters. The van der Waals surface area contributed by atoms with Crippen molar-refractivity contribution in [3.63, 3.8) is 0 Å². The Morgan fingerprint density at radius 3 is 2.78 bits per heavy atom. The second kappa shape index (κ2) is 4.18. The average molecular weight is 237 g/mol. The first-order valence-corrected chi connectivity index (χ1v) is 6.11. The van der Waals surface area contributed by atoms with Crippen LogP contribution in [-0.2, 0) is 6.42 Å². The van der Waals surface area contributed by atoms with Crippen LogP contribution in [0.1, 0.15) is 12.7 Å². The fraction of sp³-hybridized carbons (Fsp3) is 0.133. The maximum absolute atomic E-state index is 6.00. The fourth-order valence-corrected chi connectivity index (χ4v) is 2.16. The van der Waals surface area contributed by atoms with Gasteiger partial charge in [-0.3, -0.25) is 0 Å². The van der Waals surface area contributed by atoms with Gasteiger partial charge in [0.25, 0.3) is 0 Å². The number of aryl methyl sites for hydroxylation is 1. The standard InChI is InChI=1S/C15H15N3/c1-2-15-17-13-8-7-10(9-14(13)18-15)11-5-3-4-6-12(11)16/h3-9H,2,16H2,1H3,(H,17,18). The van der Waals surface area contributed by atoms with Crippen molar-refractivity contribution in [3.8, 4) is 11.1 Å². The van der Waals surface area contributed by atoms with E-state index in [4.69, 9.17) is 5.73 Å². The number of fused-ring (bicyclic) bond motifs is 1. The lowest BCUT2D eigenvalue weighted by molar-refractivity contribution is 1.00. The van der Waals surface area contributed by atoms with Gasteiger partial charge in [0.15, 0.2) is 0 Å². The lowest BCUT2D eigenvalue weighted by atomic mass is 10.0. The van der Waals surface area contributed by atoms with Crippen LogP contribution in [0.3, 0.4) is 0 Å². The van der Waals surface area contributed by atoms with E-state index in [1.165, 1.54) is 0 Å². The molecule has 3 nitrogen and oxygen atoms in total. The zero-order chi connectivity index (χ0) is 12.5. The van der Waals surface area contributed by atoms with E-state index in [1.54, 1.807) is 0 Å². The molecule has 3 aromatic rings. The van der Waals surface area contributed by atoms with Crippen LogP contribution in [0.15, 0.2) is 42.5 Å².